The Hall–Kier alpha value is -2.38. The summed E-state index contributed by atoms with van der Waals surface area (Å²) < 4.78 is 7.20. The highest BCUT2D eigenvalue weighted by Gasteiger charge is 2.29. The van der Waals surface area contributed by atoms with E-state index in [1.165, 1.54) is 0 Å². The van der Waals surface area contributed by atoms with Crippen molar-refractivity contribution in [1.82, 2.24) is 29.9 Å². The third kappa shape index (κ3) is 3.58. The van der Waals surface area contributed by atoms with E-state index in [1.54, 1.807) is 6.20 Å². The zero-order valence-electron chi connectivity index (χ0n) is 14.4. The largest absolute Gasteiger partial charge is 0.339 e. The number of aromatic nitrogens is 4. The van der Waals surface area contributed by atoms with Crippen LogP contribution in [0.3, 0.4) is 0 Å². The maximum absolute atomic E-state index is 12.3. The van der Waals surface area contributed by atoms with Gasteiger partial charge in [-0.3, -0.25) is 0 Å². The summed E-state index contributed by atoms with van der Waals surface area (Å²) in [5.74, 6) is 2.85. The smallest absolute Gasteiger partial charge is 0.317 e. The molecule has 0 aliphatic carbocycles. The summed E-state index contributed by atoms with van der Waals surface area (Å²) in [5.41, 5.74) is 0. The van der Waals surface area contributed by atoms with Gasteiger partial charge in [0.2, 0.25) is 5.89 Å². The molecule has 1 unspecified atom stereocenters. The average molecular weight is 332 g/mol. The summed E-state index contributed by atoms with van der Waals surface area (Å²) in [6.45, 7) is 5.97. The Morgan fingerprint density at radius 3 is 3.00 bits per heavy atom. The van der Waals surface area contributed by atoms with E-state index in [0.717, 1.165) is 18.8 Å². The molecule has 24 heavy (non-hydrogen) atoms. The molecule has 0 spiro atoms. The fourth-order valence-electron chi connectivity index (χ4n) is 2.92. The van der Waals surface area contributed by atoms with Crippen molar-refractivity contribution in [3.05, 3.63) is 29.9 Å². The molecule has 1 atom stereocenters. The highest BCUT2D eigenvalue weighted by molar-refractivity contribution is 5.74. The predicted molar refractivity (Wildman–Crippen MR) is 87.6 cm³/mol. The van der Waals surface area contributed by atoms with Crippen molar-refractivity contribution in [1.29, 1.82) is 0 Å². The Labute approximate surface area is 141 Å². The molecule has 8 heteroatoms. The highest BCUT2D eigenvalue weighted by atomic mass is 16.5. The SMILES string of the molecule is CC(C)c1noc(CCNC(=O)N2CCC(c3nccn3C)C2)n1. The Balaban J connectivity index is 1.45. The number of urea groups is 1. The molecule has 0 saturated carbocycles. The molecule has 3 rings (SSSR count). The summed E-state index contributed by atoms with van der Waals surface area (Å²) in [5, 5.41) is 6.84. The van der Waals surface area contributed by atoms with Crippen LogP contribution in [0, 0.1) is 0 Å². The minimum absolute atomic E-state index is 0.0460. The first-order valence-electron chi connectivity index (χ1n) is 8.37. The van der Waals surface area contributed by atoms with E-state index in [4.69, 9.17) is 4.52 Å². The number of likely N-dealkylation sites (tertiary alicyclic amines) is 1. The Morgan fingerprint density at radius 2 is 2.33 bits per heavy atom. The molecule has 0 radical (unpaired) electrons. The summed E-state index contributed by atoms with van der Waals surface area (Å²) in [7, 11) is 1.99. The van der Waals surface area contributed by atoms with Crippen molar-refractivity contribution in [3.63, 3.8) is 0 Å². The lowest BCUT2D eigenvalue weighted by Crippen LogP contribution is -2.39. The fraction of sp³-hybridized carbons (Fsp3) is 0.625. The van der Waals surface area contributed by atoms with E-state index in [9.17, 15) is 4.79 Å². The number of carbonyl (C=O) groups is 1. The summed E-state index contributed by atoms with van der Waals surface area (Å²) in [6.07, 6.45) is 5.23. The Bertz CT molecular complexity index is 692. The van der Waals surface area contributed by atoms with Gasteiger partial charge < -0.3 is 19.3 Å². The van der Waals surface area contributed by atoms with E-state index >= 15 is 0 Å². The standard InChI is InChI=1S/C16H24N6O2/c1-11(2)14-19-13(24-20-14)4-6-18-16(23)22-8-5-12(10-22)15-17-7-9-21(15)3/h7,9,11-12H,4-6,8,10H2,1-3H3,(H,18,23). The molecule has 2 aromatic heterocycles. The first-order chi connectivity index (χ1) is 11.5. The molecular formula is C16H24N6O2. The molecule has 1 aliphatic heterocycles. The molecule has 1 N–H and O–H groups in total. The first kappa shape index (κ1) is 16.5. The third-order valence-electron chi connectivity index (χ3n) is 4.31. The van der Waals surface area contributed by atoms with E-state index in [0.29, 0.717) is 37.1 Å². The zero-order chi connectivity index (χ0) is 17.1. The topological polar surface area (TPSA) is 89.1 Å². The third-order valence-corrected chi connectivity index (χ3v) is 4.31. The van der Waals surface area contributed by atoms with Crippen LogP contribution in [0.25, 0.3) is 0 Å². The number of hydrogen-bond donors (Lipinski definition) is 1. The fourth-order valence-corrected chi connectivity index (χ4v) is 2.92. The lowest BCUT2D eigenvalue weighted by molar-refractivity contribution is 0.208. The van der Waals surface area contributed by atoms with Gasteiger partial charge in [-0.2, -0.15) is 4.98 Å². The second-order valence-electron chi connectivity index (χ2n) is 6.51. The van der Waals surface area contributed by atoms with Gasteiger partial charge in [0.05, 0.1) is 0 Å². The van der Waals surface area contributed by atoms with Crippen molar-refractivity contribution in [2.75, 3.05) is 19.6 Å². The van der Waals surface area contributed by atoms with Gasteiger partial charge in [0.15, 0.2) is 5.82 Å². The van der Waals surface area contributed by atoms with Crippen LogP contribution in [0.5, 0.6) is 0 Å². The average Bonchev–Trinajstić information content (AvgIpc) is 3.26. The van der Waals surface area contributed by atoms with Crippen molar-refractivity contribution >= 4 is 6.03 Å². The molecule has 130 valence electrons. The highest BCUT2D eigenvalue weighted by Crippen LogP contribution is 2.25. The normalized spacial score (nSPS) is 17.7. The number of nitrogens with zero attached hydrogens (tertiary/aromatic N) is 5. The van der Waals surface area contributed by atoms with E-state index in [-0.39, 0.29) is 11.9 Å². The quantitative estimate of drug-likeness (QED) is 0.899. The van der Waals surface area contributed by atoms with Crippen molar-refractivity contribution in [2.24, 2.45) is 7.05 Å². The van der Waals surface area contributed by atoms with Gasteiger partial charge in [-0.15, -0.1) is 0 Å². The number of nitrogens with one attached hydrogen (secondary N) is 1. The molecule has 1 saturated heterocycles. The van der Waals surface area contributed by atoms with Gasteiger partial charge >= 0.3 is 6.03 Å². The van der Waals surface area contributed by atoms with Gasteiger partial charge in [0.25, 0.3) is 0 Å². The van der Waals surface area contributed by atoms with Crippen LogP contribution >= 0.6 is 0 Å². The number of aryl methyl sites for hydroxylation is 1. The van der Waals surface area contributed by atoms with E-state index in [2.05, 4.69) is 20.4 Å². The predicted octanol–water partition coefficient (Wildman–Crippen LogP) is 1.67. The van der Waals surface area contributed by atoms with Crippen LogP contribution in [-0.2, 0) is 13.5 Å². The maximum atomic E-state index is 12.3. The van der Waals surface area contributed by atoms with E-state index in [1.807, 2.05) is 36.6 Å². The van der Waals surface area contributed by atoms with Crippen LogP contribution in [0.1, 0.15) is 49.6 Å². The summed E-state index contributed by atoms with van der Waals surface area (Å²) in [6, 6.07) is -0.0460. The second kappa shape index (κ2) is 7.02. The molecule has 3 heterocycles. The molecular weight excluding hydrogens is 308 g/mol. The number of hydrogen-bond acceptors (Lipinski definition) is 5. The van der Waals surface area contributed by atoms with E-state index < -0.39 is 0 Å². The van der Waals surface area contributed by atoms with Gasteiger partial charge in [0.1, 0.15) is 5.82 Å². The Morgan fingerprint density at radius 1 is 1.50 bits per heavy atom. The van der Waals surface area contributed by atoms with Gasteiger partial charge in [0, 0.05) is 57.3 Å². The minimum Gasteiger partial charge on any atom is -0.339 e. The molecule has 1 fully saturated rings. The lowest BCUT2D eigenvalue weighted by atomic mass is 10.1. The van der Waals surface area contributed by atoms with Crippen molar-refractivity contribution < 1.29 is 9.32 Å². The minimum atomic E-state index is -0.0460. The van der Waals surface area contributed by atoms with Gasteiger partial charge in [-0.25, -0.2) is 9.78 Å². The number of rotatable bonds is 5. The van der Waals surface area contributed by atoms with Gasteiger partial charge in [-0.1, -0.05) is 19.0 Å². The van der Waals surface area contributed by atoms with Crippen LogP contribution < -0.4 is 5.32 Å². The summed E-state index contributed by atoms with van der Waals surface area (Å²) >= 11 is 0. The number of imidazole rings is 1. The molecule has 0 bridgehead atoms. The molecule has 0 aromatic carbocycles. The van der Waals surface area contributed by atoms with Crippen LogP contribution in [0.4, 0.5) is 4.79 Å². The van der Waals surface area contributed by atoms with Crippen molar-refractivity contribution in [2.45, 2.75) is 38.5 Å². The number of amides is 2. The van der Waals surface area contributed by atoms with Crippen LogP contribution in [0.15, 0.2) is 16.9 Å². The molecule has 2 aromatic rings. The first-order valence-corrected chi connectivity index (χ1v) is 8.37. The summed E-state index contributed by atoms with van der Waals surface area (Å²) in [4.78, 5) is 22.8. The second-order valence-corrected chi connectivity index (χ2v) is 6.51. The molecule has 2 amide bonds. The van der Waals surface area contributed by atoms with Crippen molar-refractivity contribution in [3.8, 4) is 0 Å². The lowest BCUT2D eigenvalue weighted by Gasteiger charge is -2.17. The van der Waals surface area contributed by atoms with Gasteiger partial charge in [-0.05, 0) is 6.42 Å². The monoisotopic (exact) mass is 332 g/mol. The van der Waals surface area contributed by atoms with Crippen LogP contribution in [-0.4, -0.2) is 50.3 Å². The Kier molecular flexibility index (Phi) is 4.82. The zero-order valence-corrected chi connectivity index (χ0v) is 14.4. The maximum Gasteiger partial charge on any atom is 0.317 e. The molecule has 8 nitrogen and oxygen atoms in total. The van der Waals surface area contributed by atoms with Crippen LogP contribution in [0.2, 0.25) is 0 Å². The molecule has 1 aliphatic rings. The number of carbonyl (C=O) groups excluding carboxylic acids is 1.